The lowest BCUT2D eigenvalue weighted by Gasteiger charge is -2.56. The standard InChI is InChI=1S/C28H44/c1-19(2)20(3)10-11-21(4)24-14-15-25-23-13-12-22-9-7-8-17-27(22,5)26(23)16-18-28(24,25)6/h7-8,10-11,13,19-22,24-26H,9,12,14-18H2,1-6H3/b11-10+/t20-,21+,22+,24-,25+,26+,27+,28-/m0/s1. The number of rotatable bonds is 4. The molecule has 0 aromatic rings. The van der Waals surface area contributed by atoms with Gasteiger partial charge in [0.05, 0.1) is 0 Å². The third-order valence-electron chi connectivity index (χ3n) is 10.1. The molecule has 0 saturated heterocycles. The molecule has 0 aromatic carbocycles. The Morgan fingerprint density at radius 3 is 2.39 bits per heavy atom. The average molecular weight is 381 g/mol. The van der Waals surface area contributed by atoms with E-state index in [1.54, 1.807) is 0 Å². The molecule has 4 rings (SSSR count). The molecule has 0 spiro atoms. The molecule has 2 saturated carbocycles. The minimum Gasteiger partial charge on any atom is -0.0882 e. The maximum Gasteiger partial charge on any atom is -0.0140 e. The van der Waals surface area contributed by atoms with Crippen molar-refractivity contribution < 1.29 is 0 Å². The normalized spacial score (nSPS) is 44.8. The lowest BCUT2D eigenvalue weighted by Crippen LogP contribution is -2.47. The predicted octanol–water partition coefficient (Wildman–Crippen LogP) is 8.22. The molecule has 156 valence electrons. The van der Waals surface area contributed by atoms with Gasteiger partial charge in [0.2, 0.25) is 0 Å². The summed E-state index contributed by atoms with van der Waals surface area (Å²) in [6, 6.07) is 0. The van der Waals surface area contributed by atoms with Crippen molar-refractivity contribution >= 4 is 0 Å². The molecule has 4 aliphatic rings. The highest BCUT2D eigenvalue weighted by molar-refractivity contribution is 5.29. The van der Waals surface area contributed by atoms with Crippen molar-refractivity contribution in [2.24, 2.45) is 52.3 Å². The monoisotopic (exact) mass is 380 g/mol. The van der Waals surface area contributed by atoms with Crippen LogP contribution >= 0.6 is 0 Å². The molecular weight excluding hydrogens is 336 g/mol. The van der Waals surface area contributed by atoms with Crippen molar-refractivity contribution in [1.29, 1.82) is 0 Å². The molecule has 0 aromatic heterocycles. The van der Waals surface area contributed by atoms with Crippen LogP contribution in [0.1, 0.15) is 86.5 Å². The second kappa shape index (κ2) is 7.48. The topological polar surface area (TPSA) is 0 Å². The van der Waals surface area contributed by atoms with Crippen LogP contribution in [0.2, 0.25) is 0 Å². The molecule has 2 fully saturated rings. The van der Waals surface area contributed by atoms with Gasteiger partial charge < -0.3 is 0 Å². The minimum atomic E-state index is 0.529. The van der Waals surface area contributed by atoms with E-state index in [4.69, 9.17) is 0 Å². The van der Waals surface area contributed by atoms with Gasteiger partial charge in [-0.05, 0) is 97.2 Å². The quantitative estimate of drug-likeness (QED) is 0.431. The third-order valence-corrected chi connectivity index (χ3v) is 10.1. The highest BCUT2D eigenvalue weighted by Gasteiger charge is 2.57. The maximum atomic E-state index is 2.74. The fourth-order valence-electron chi connectivity index (χ4n) is 7.71. The molecule has 0 heteroatoms. The third kappa shape index (κ3) is 3.18. The zero-order chi connectivity index (χ0) is 20.1. The predicted molar refractivity (Wildman–Crippen MR) is 122 cm³/mol. The Balaban J connectivity index is 1.55. The van der Waals surface area contributed by atoms with Crippen molar-refractivity contribution in [2.75, 3.05) is 0 Å². The number of hydrogen-bond donors (Lipinski definition) is 0. The van der Waals surface area contributed by atoms with E-state index in [2.05, 4.69) is 71.9 Å². The summed E-state index contributed by atoms with van der Waals surface area (Å²) in [4.78, 5) is 0. The minimum absolute atomic E-state index is 0.529. The molecule has 4 aliphatic carbocycles. The second-order valence-electron chi connectivity index (χ2n) is 11.7. The Morgan fingerprint density at radius 2 is 1.64 bits per heavy atom. The Hall–Kier alpha value is -0.780. The summed E-state index contributed by atoms with van der Waals surface area (Å²) in [5.74, 6) is 5.65. The molecule has 0 N–H and O–H groups in total. The first-order chi connectivity index (χ1) is 13.3. The Kier molecular flexibility index (Phi) is 5.47. The van der Waals surface area contributed by atoms with Gasteiger partial charge in [0.1, 0.15) is 0 Å². The Bertz CT molecular complexity index is 664. The summed E-state index contributed by atoms with van der Waals surface area (Å²) in [6.45, 7) is 14.9. The van der Waals surface area contributed by atoms with Crippen LogP contribution in [0.4, 0.5) is 0 Å². The molecule has 0 unspecified atom stereocenters. The fraction of sp³-hybridized carbons (Fsp3) is 0.786. The van der Waals surface area contributed by atoms with Gasteiger partial charge in [0.25, 0.3) is 0 Å². The maximum absolute atomic E-state index is 2.74. The summed E-state index contributed by atoms with van der Waals surface area (Å²) in [6.07, 6.45) is 22.5. The lowest BCUT2D eigenvalue weighted by atomic mass is 9.48. The van der Waals surface area contributed by atoms with Gasteiger partial charge in [-0.2, -0.15) is 0 Å². The van der Waals surface area contributed by atoms with Crippen LogP contribution in [0.15, 0.2) is 36.0 Å². The van der Waals surface area contributed by atoms with Gasteiger partial charge in [0.15, 0.2) is 0 Å². The van der Waals surface area contributed by atoms with E-state index in [-0.39, 0.29) is 0 Å². The van der Waals surface area contributed by atoms with E-state index < -0.39 is 0 Å². The number of hydrogen-bond acceptors (Lipinski definition) is 0. The smallest absolute Gasteiger partial charge is 0.0140 e. The van der Waals surface area contributed by atoms with Gasteiger partial charge in [0, 0.05) is 0 Å². The van der Waals surface area contributed by atoms with Crippen molar-refractivity contribution in [1.82, 2.24) is 0 Å². The summed E-state index contributed by atoms with van der Waals surface area (Å²) in [5.41, 5.74) is 2.97. The largest absolute Gasteiger partial charge is 0.0882 e. The van der Waals surface area contributed by atoms with Crippen molar-refractivity contribution in [2.45, 2.75) is 86.5 Å². The SMILES string of the molecule is CC(C)[C@@H](C)/C=C/[C@@H](C)[C@@H]1CC[C@@H]2C3=CC[C@H]4CC=CC[C@@]4(C)[C@@H]3CC[C@]21C. The van der Waals surface area contributed by atoms with Crippen LogP contribution in [0.25, 0.3) is 0 Å². The van der Waals surface area contributed by atoms with E-state index in [1.165, 1.54) is 44.9 Å². The van der Waals surface area contributed by atoms with E-state index in [0.29, 0.717) is 16.7 Å². The van der Waals surface area contributed by atoms with Crippen LogP contribution < -0.4 is 0 Å². The molecule has 0 heterocycles. The van der Waals surface area contributed by atoms with Crippen LogP contribution in [0.5, 0.6) is 0 Å². The molecule has 28 heavy (non-hydrogen) atoms. The number of fused-ring (bicyclic) bond motifs is 5. The van der Waals surface area contributed by atoms with Crippen molar-refractivity contribution in [3.8, 4) is 0 Å². The first kappa shape index (κ1) is 20.5. The fourth-order valence-corrected chi connectivity index (χ4v) is 7.71. The highest BCUT2D eigenvalue weighted by atomic mass is 14.6. The Labute approximate surface area is 175 Å². The van der Waals surface area contributed by atoms with Gasteiger partial charge in [-0.25, -0.2) is 0 Å². The van der Waals surface area contributed by atoms with E-state index in [1.807, 2.05) is 5.57 Å². The summed E-state index contributed by atoms with van der Waals surface area (Å²) >= 11 is 0. The average Bonchev–Trinajstić information content (AvgIpc) is 3.02. The summed E-state index contributed by atoms with van der Waals surface area (Å²) in [7, 11) is 0. The summed E-state index contributed by atoms with van der Waals surface area (Å²) < 4.78 is 0. The number of allylic oxidation sites excluding steroid dienone is 6. The highest BCUT2D eigenvalue weighted by Crippen LogP contribution is 2.66. The molecule has 0 nitrogen and oxygen atoms in total. The molecule has 0 aliphatic heterocycles. The second-order valence-corrected chi connectivity index (χ2v) is 11.7. The zero-order valence-electron chi connectivity index (χ0n) is 19.4. The van der Waals surface area contributed by atoms with Gasteiger partial charge in [-0.3, -0.25) is 0 Å². The van der Waals surface area contributed by atoms with Crippen LogP contribution in [0, 0.1) is 52.3 Å². The van der Waals surface area contributed by atoms with Crippen molar-refractivity contribution in [3.63, 3.8) is 0 Å². The van der Waals surface area contributed by atoms with Crippen molar-refractivity contribution in [3.05, 3.63) is 36.0 Å². The van der Waals surface area contributed by atoms with Gasteiger partial charge in [-0.15, -0.1) is 0 Å². The summed E-state index contributed by atoms with van der Waals surface area (Å²) in [5, 5.41) is 0. The van der Waals surface area contributed by atoms with E-state index >= 15 is 0 Å². The molecule has 0 radical (unpaired) electrons. The first-order valence-electron chi connectivity index (χ1n) is 12.3. The van der Waals surface area contributed by atoms with E-state index in [9.17, 15) is 0 Å². The molecule has 8 atom stereocenters. The molecular formula is C28H44. The van der Waals surface area contributed by atoms with Gasteiger partial charge >= 0.3 is 0 Å². The van der Waals surface area contributed by atoms with E-state index in [0.717, 1.165) is 35.5 Å². The lowest BCUT2D eigenvalue weighted by molar-refractivity contribution is 0.0172. The molecule has 0 bridgehead atoms. The van der Waals surface area contributed by atoms with Crippen LogP contribution in [-0.2, 0) is 0 Å². The van der Waals surface area contributed by atoms with Crippen LogP contribution in [0.3, 0.4) is 0 Å². The zero-order valence-corrected chi connectivity index (χ0v) is 19.4. The van der Waals surface area contributed by atoms with Crippen LogP contribution in [-0.4, -0.2) is 0 Å². The Morgan fingerprint density at radius 1 is 0.893 bits per heavy atom. The van der Waals surface area contributed by atoms with Gasteiger partial charge in [-0.1, -0.05) is 77.5 Å². The molecule has 0 amide bonds. The first-order valence-corrected chi connectivity index (χ1v) is 12.3.